The molecule has 10 nitrogen and oxygen atoms in total. The highest BCUT2D eigenvalue weighted by molar-refractivity contribution is 5.69. The normalized spacial score (nSPS) is 19.9. The number of halogens is 4. The van der Waals surface area contributed by atoms with E-state index in [0.717, 1.165) is 6.20 Å². The molecule has 3 atom stereocenters. The molecule has 1 amide bonds. The molecule has 14 heteroatoms. The van der Waals surface area contributed by atoms with Crippen LogP contribution in [0.2, 0.25) is 0 Å². The zero-order valence-corrected chi connectivity index (χ0v) is 21.4. The van der Waals surface area contributed by atoms with Crippen LogP contribution in [0.25, 0.3) is 17.0 Å². The average molecular weight is 541 g/mol. The molecular weight excluding hydrogens is 512 g/mol. The maximum atomic E-state index is 14.7. The molecule has 0 radical (unpaired) electrons. The number of alkyl halides is 4. The van der Waals surface area contributed by atoms with E-state index < -0.39 is 41.2 Å². The number of carbonyl (C=O) groups excluding carboxylic acids is 1. The number of aliphatic hydroxyl groups is 1. The van der Waals surface area contributed by atoms with E-state index in [0.29, 0.717) is 12.6 Å². The van der Waals surface area contributed by atoms with E-state index in [9.17, 15) is 27.5 Å². The van der Waals surface area contributed by atoms with Crippen LogP contribution in [0.5, 0.6) is 5.75 Å². The highest BCUT2D eigenvalue weighted by atomic mass is 19.4. The lowest BCUT2D eigenvalue weighted by Crippen LogP contribution is -2.39. The number of amides is 1. The van der Waals surface area contributed by atoms with Crippen LogP contribution in [0.1, 0.15) is 33.3 Å². The highest BCUT2D eigenvalue weighted by Gasteiger charge is 2.53. The number of nitrogens with one attached hydrogen (secondary N) is 1. The van der Waals surface area contributed by atoms with Gasteiger partial charge in [-0.2, -0.15) is 13.2 Å². The summed E-state index contributed by atoms with van der Waals surface area (Å²) in [6.45, 7) is 5.64. The molecule has 206 valence electrons. The molecule has 0 aliphatic carbocycles. The van der Waals surface area contributed by atoms with E-state index in [2.05, 4.69) is 20.3 Å². The minimum atomic E-state index is -4.97. The summed E-state index contributed by atoms with van der Waals surface area (Å²) in [6, 6.07) is 1.98. The molecule has 4 heterocycles. The van der Waals surface area contributed by atoms with Gasteiger partial charge in [0.1, 0.15) is 23.2 Å². The number of aromatic nitrogens is 4. The number of hydrogen-bond donors (Lipinski definition) is 2. The van der Waals surface area contributed by atoms with Gasteiger partial charge in [0.15, 0.2) is 5.60 Å². The van der Waals surface area contributed by atoms with Crippen molar-refractivity contribution in [2.24, 2.45) is 0 Å². The summed E-state index contributed by atoms with van der Waals surface area (Å²) in [5.74, 6) is -0.140. The SMILES string of the molecule is COc1cc2ncc(-c3ccnc(N[C@H]4CN(C(=O)OC(C)(C)C)C[C@@H]4F)n3)n2cc1[C@](C)(O)C(F)(F)F. The zero-order chi connectivity index (χ0) is 28.0. The van der Waals surface area contributed by atoms with Gasteiger partial charge in [0.05, 0.1) is 42.8 Å². The molecule has 3 aromatic rings. The Hall–Kier alpha value is -3.68. The monoisotopic (exact) mass is 540 g/mol. The van der Waals surface area contributed by atoms with Crippen molar-refractivity contribution < 1.29 is 36.9 Å². The number of rotatable bonds is 5. The predicted octanol–water partition coefficient (Wildman–Crippen LogP) is 3.94. The molecule has 2 N–H and O–H groups in total. The second-order valence-electron chi connectivity index (χ2n) is 10.1. The fourth-order valence-corrected chi connectivity index (χ4v) is 3.99. The summed E-state index contributed by atoms with van der Waals surface area (Å²) >= 11 is 0. The quantitative estimate of drug-likeness (QED) is 0.468. The van der Waals surface area contributed by atoms with Crippen molar-refractivity contribution in [1.82, 2.24) is 24.3 Å². The summed E-state index contributed by atoms with van der Waals surface area (Å²) in [5.41, 5.74) is -3.62. The second-order valence-corrected chi connectivity index (χ2v) is 10.1. The number of fused-ring (bicyclic) bond motifs is 1. The van der Waals surface area contributed by atoms with E-state index in [1.54, 1.807) is 20.8 Å². The molecule has 3 aromatic heterocycles. The van der Waals surface area contributed by atoms with Gasteiger partial charge in [-0.05, 0) is 33.8 Å². The molecule has 4 rings (SSSR count). The van der Waals surface area contributed by atoms with E-state index >= 15 is 0 Å². The number of pyridine rings is 1. The molecule has 1 aliphatic heterocycles. The minimum Gasteiger partial charge on any atom is -0.496 e. The number of likely N-dealkylation sites (tertiary alicyclic amines) is 1. The van der Waals surface area contributed by atoms with Crippen molar-refractivity contribution >= 4 is 17.7 Å². The molecule has 38 heavy (non-hydrogen) atoms. The lowest BCUT2D eigenvalue weighted by atomic mass is 9.96. The summed E-state index contributed by atoms with van der Waals surface area (Å²) in [6.07, 6.45) is -3.14. The Morgan fingerprint density at radius 1 is 1.18 bits per heavy atom. The van der Waals surface area contributed by atoms with Crippen molar-refractivity contribution in [2.45, 2.75) is 57.3 Å². The maximum Gasteiger partial charge on any atom is 0.421 e. The van der Waals surface area contributed by atoms with Crippen LogP contribution in [0.15, 0.2) is 30.7 Å². The molecule has 0 saturated carbocycles. The Kier molecular flexibility index (Phi) is 6.89. The van der Waals surface area contributed by atoms with Gasteiger partial charge >= 0.3 is 12.3 Å². The topological polar surface area (TPSA) is 114 Å². The molecule has 0 spiro atoms. The van der Waals surface area contributed by atoms with Crippen LogP contribution in [0.4, 0.5) is 28.3 Å². The smallest absolute Gasteiger partial charge is 0.421 e. The number of hydrogen-bond acceptors (Lipinski definition) is 8. The molecule has 0 aromatic carbocycles. The summed E-state index contributed by atoms with van der Waals surface area (Å²) in [4.78, 5) is 26.3. The number of imidazole rings is 1. The first-order valence-corrected chi connectivity index (χ1v) is 11.7. The third-order valence-electron chi connectivity index (χ3n) is 6.04. The van der Waals surface area contributed by atoms with Crippen molar-refractivity contribution in [1.29, 1.82) is 0 Å². The summed E-state index contributed by atoms with van der Waals surface area (Å²) < 4.78 is 67.2. The van der Waals surface area contributed by atoms with Gasteiger partial charge in [-0.1, -0.05) is 0 Å². The lowest BCUT2D eigenvalue weighted by Gasteiger charge is -2.28. The third-order valence-corrected chi connectivity index (χ3v) is 6.04. The Morgan fingerprint density at radius 3 is 2.53 bits per heavy atom. The van der Waals surface area contributed by atoms with Crippen LogP contribution in [-0.4, -0.2) is 79.6 Å². The Morgan fingerprint density at radius 2 is 1.89 bits per heavy atom. The van der Waals surface area contributed by atoms with Crippen LogP contribution in [-0.2, 0) is 10.3 Å². The van der Waals surface area contributed by atoms with Crippen LogP contribution in [0.3, 0.4) is 0 Å². The van der Waals surface area contributed by atoms with Gasteiger partial charge in [0, 0.05) is 25.0 Å². The average Bonchev–Trinajstić information content (AvgIpc) is 3.39. The van der Waals surface area contributed by atoms with Crippen LogP contribution in [0, 0.1) is 0 Å². The van der Waals surface area contributed by atoms with Crippen molar-refractivity contribution in [3.63, 3.8) is 0 Å². The molecule has 0 unspecified atom stereocenters. The Bertz CT molecular complexity index is 1340. The number of anilines is 1. The van der Waals surface area contributed by atoms with E-state index in [1.807, 2.05) is 0 Å². The number of carbonyl (C=O) groups is 1. The molecule has 1 saturated heterocycles. The van der Waals surface area contributed by atoms with Crippen molar-refractivity contribution in [3.05, 3.63) is 36.3 Å². The number of methoxy groups -OCH3 is 1. The standard InChI is InChI=1S/C24H28F4N6O4/c1-22(2,3)38-21(35)33-11-14(25)16(12-33)32-20-29-7-6-15(31-20)17-9-30-19-8-18(37-5)13(10-34(17)19)23(4,36)24(26,27)28/h6-10,14,16,36H,11-12H2,1-5H3,(H,29,31,32)/t14-,16-,23-/m0/s1. The maximum absolute atomic E-state index is 14.7. The summed E-state index contributed by atoms with van der Waals surface area (Å²) in [7, 11) is 1.19. The van der Waals surface area contributed by atoms with Crippen molar-refractivity contribution in [3.8, 4) is 17.1 Å². The van der Waals surface area contributed by atoms with Gasteiger partial charge in [-0.15, -0.1) is 0 Å². The molecular formula is C24H28F4N6O4. The third kappa shape index (κ3) is 5.30. The van der Waals surface area contributed by atoms with Crippen LogP contribution < -0.4 is 10.1 Å². The van der Waals surface area contributed by atoms with Crippen molar-refractivity contribution in [2.75, 3.05) is 25.5 Å². The fraction of sp³-hybridized carbons (Fsp3) is 0.500. The minimum absolute atomic E-state index is 0.0228. The highest BCUT2D eigenvalue weighted by Crippen LogP contribution is 2.43. The number of ether oxygens (including phenoxy) is 2. The molecule has 1 fully saturated rings. The Balaban J connectivity index is 1.62. The van der Waals surface area contributed by atoms with Gasteiger partial charge < -0.3 is 24.8 Å². The molecule has 0 bridgehead atoms. The largest absolute Gasteiger partial charge is 0.496 e. The van der Waals surface area contributed by atoms with Crippen LogP contribution >= 0.6 is 0 Å². The first-order chi connectivity index (χ1) is 17.6. The second kappa shape index (κ2) is 9.57. The molecule has 1 aliphatic rings. The van der Waals surface area contributed by atoms with E-state index in [1.165, 1.54) is 40.9 Å². The van der Waals surface area contributed by atoms with Gasteiger partial charge in [0.2, 0.25) is 5.95 Å². The van der Waals surface area contributed by atoms with E-state index in [4.69, 9.17) is 9.47 Å². The summed E-state index contributed by atoms with van der Waals surface area (Å²) in [5, 5.41) is 13.2. The lowest BCUT2D eigenvalue weighted by molar-refractivity contribution is -0.259. The zero-order valence-electron chi connectivity index (χ0n) is 21.4. The Labute approximate surface area is 215 Å². The van der Waals surface area contributed by atoms with Gasteiger partial charge in [-0.25, -0.2) is 24.1 Å². The number of nitrogens with zero attached hydrogens (tertiary/aromatic N) is 5. The van der Waals surface area contributed by atoms with Gasteiger partial charge in [-0.3, -0.25) is 4.40 Å². The fourth-order valence-electron chi connectivity index (χ4n) is 3.99. The first kappa shape index (κ1) is 27.4. The predicted molar refractivity (Wildman–Crippen MR) is 129 cm³/mol. The van der Waals surface area contributed by atoms with E-state index in [-0.39, 0.29) is 36.1 Å². The first-order valence-electron chi connectivity index (χ1n) is 11.7. The van der Waals surface area contributed by atoms with Gasteiger partial charge in [0.25, 0.3) is 0 Å².